The molecule has 20 heavy (non-hydrogen) atoms. The highest BCUT2D eigenvalue weighted by Gasteiger charge is 2.33. The molecule has 3 N–H and O–H groups in total. The molecule has 1 heterocycles. The number of hydrogen-bond acceptors (Lipinski definition) is 3. The smallest absolute Gasteiger partial charge is 0.368 e. The molecule has 0 fully saturated rings. The summed E-state index contributed by atoms with van der Waals surface area (Å²) in [5.41, 5.74) is 3.58. The second kappa shape index (κ2) is 6.25. The predicted molar refractivity (Wildman–Crippen MR) is 67.7 cm³/mol. The molecule has 1 unspecified atom stereocenters. The van der Waals surface area contributed by atoms with Gasteiger partial charge in [0.15, 0.2) is 0 Å². The average molecular weight is 292 g/mol. The van der Waals surface area contributed by atoms with E-state index in [1.165, 1.54) is 0 Å². The zero-order valence-corrected chi connectivity index (χ0v) is 11.5. The molecule has 1 aromatic rings. The largest absolute Gasteiger partial charge is 0.419 e. The molecule has 0 bridgehead atoms. The topological polar surface area (TPSA) is 72.9 Å². The maximum Gasteiger partial charge on any atom is 0.419 e. The molecule has 1 amide bonds. The molecule has 0 spiro atoms. The average Bonchev–Trinajstić information content (AvgIpc) is 2.82. The quantitative estimate of drug-likeness (QED) is 0.800. The fourth-order valence-corrected chi connectivity index (χ4v) is 1.67. The Labute approximate surface area is 115 Å². The van der Waals surface area contributed by atoms with E-state index in [1.807, 2.05) is 6.92 Å². The first-order valence-corrected chi connectivity index (χ1v) is 6.33. The predicted octanol–water partition coefficient (Wildman–Crippen LogP) is 1.54. The van der Waals surface area contributed by atoms with Gasteiger partial charge in [-0.1, -0.05) is 6.92 Å². The summed E-state index contributed by atoms with van der Waals surface area (Å²) in [4.78, 5) is 11.5. The van der Waals surface area contributed by atoms with Crippen LogP contribution in [-0.4, -0.2) is 27.8 Å². The van der Waals surface area contributed by atoms with E-state index in [9.17, 15) is 18.0 Å². The van der Waals surface area contributed by atoms with Gasteiger partial charge in [-0.2, -0.15) is 18.3 Å². The Hall–Kier alpha value is -1.57. The van der Waals surface area contributed by atoms with Crippen LogP contribution >= 0.6 is 0 Å². The van der Waals surface area contributed by atoms with E-state index in [0.29, 0.717) is 6.54 Å². The Morgan fingerprint density at radius 2 is 2.15 bits per heavy atom. The number of nitrogens with zero attached hydrogens (tertiary/aromatic N) is 2. The second-order valence-electron chi connectivity index (χ2n) is 4.86. The highest BCUT2D eigenvalue weighted by Crippen LogP contribution is 2.28. The molecule has 1 rings (SSSR count). The highest BCUT2D eigenvalue weighted by molar-refractivity contribution is 5.84. The number of amides is 1. The van der Waals surface area contributed by atoms with Crippen molar-refractivity contribution in [1.29, 1.82) is 0 Å². The summed E-state index contributed by atoms with van der Waals surface area (Å²) in [7, 11) is 0. The number of carbonyl (C=O) groups excluding carboxylic acids is 1. The summed E-state index contributed by atoms with van der Waals surface area (Å²) >= 11 is 0. The number of halogens is 3. The van der Waals surface area contributed by atoms with Crippen molar-refractivity contribution in [3.63, 3.8) is 0 Å². The summed E-state index contributed by atoms with van der Waals surface area (Å²) in [6.07, 6.45) is -1.64. The molecule has 0 aliphatic carbocycles. The van der Waals surface area contributed by atoms with Crippen molar-refractivity contribution in [3.8, 4) is 0 Å². The van der Waals surface area contributed by atoms with Gasteiger partial charge in [0.1, 0.15) is 0 Å². The molecule has 0 radical (unpaired) electrons. The van der Waals surface area contributed by atoms with E-state index in [-0.39, 0.29) is 13.0 Å². The number of nitrogens with two attached hydrogens (primary N) is 1. The van der Waals surface area contributed by atoms with Gasteiger partial charge in [0.2, 0.25) is 5.91 Å². The molecule has 1 aromatic heterocycles. The fraction of sp³-hybridized carbons (Fsp3) is 0.667. The minimum absolute atomic E-state index is 0.173. The van der Waals surface area contributed by atoms with E-state index < -0.39 is 23.2 Å². The lowest BCUT2D eigenvalue weighted by Gasteiger charge is -2.27. The maximum absolute atomic E-state index is 12.4. The van der Waals surface area contributed by atoms with Gasteiger partial charge in [0.05, 0.1) is 17.3 Å². The Bertz CT molecular complexity index is 458. The van der Waals surface area contributed by atoms with Crippen molar-refractivity contribution < 1.29 is 18.0 Å². The van der Waals surface area contributed by atoms with Crippen molar-refractivity contribution in [2.24, 2.45) is 5.73 Å². The molecule has 0 saturated carbocycles. The van der Waals surface area contributed by atoms with Crippen molar-refractivity contribution in [2.45, 2.75) is 44.9 Å². The molecule has 1 atom stereocenters. The number of carbonyl (C=O) groups is 1. The number of alkyl halides is 3. The lowest BCUT2D eigenvalue weighted by Crippen LogP contribution is -2.53. The van der Waals surface area contributed by atoms with Gasteiger partial charge in [-0.25, -0.2) is 0 Å². The van der Waals surface area contributed by atoms with E-state index >= 15 is 0 Å². The molecule has 0 aliphatic heterocycles. The van der Waals surface area contributed by atoms with Gasteiger partial charge >= 0.3 is 6.18 Å². The SMILES string of the molecule is CCCNC(C)(CCn1cc(C(F)(F)F)cn1)C(N)=O. The van der Waals surface area contributed by atoms with Crippen LogP contribution in [0.1, 0.15) is 32.3 Å². The number of primary amides is 1. The number of aryl methyl sites for hydroxylation is 1. The molecular formula is C12H19F3N4O. The van der Waals surface area contributed by atoms with E-state index in [1.54, 1.807) is 6.92 Å². The van der Waals surface area contributed by atoms with E-state index in [0.717, 1.165) is 23.5 Å². The third kappa shape index (κ3) is 4.22. The molecule has 0 aliphatic rings. The molecule has 5 nitrogen and oxygen atoms in total. The summed E-state index contributed by atoms with van der Waals surface area (Å²) in [6, 6.07) is 0. The third-order valence-corrected chi connectivity index (χ3v) is 3.11. The molecular weight excluding hydrogens is 273 g/mol. The first-order valence-electron chi connectivity index (χ1n) is 6.33. The van der Waals surface area contributed by atoms with Gasteiger partial charge in [0.25, 0.3) is 0 Å². The van der Waals surface area contributed by atoms with Crippen LogP contribution in [0.5, 0.6) is 0 Å². The Kier molecular flexibility index (Phi) is 5.15. The number of nitrogens with one attached hydrogen (secondary N) is 1. The first kappa shape index (κ1) is 16.5. The monoisotopic (exact) mass is 292 g/mol. The number of hydrogen-bond donors (Lipinski definition) is 2. The Morgan fingerprint density at radius 1 is 1.50 bits per heavy atom. The standard InChI is InChI=1S/C12H19F3N4O/c1-3-5-17-11(2,10(16)20)4-6-19-8-9(7-18-19)12(13,14)15/h7-8,17H,3-6H2,1-2H3,(H2,16,20). The van der Waals surface area contributed by atoms with Crippen LogP contribution in [0.15, 0.2) is 12.4 Å². The lowest BCUT2D eigenvalue weighted by molar-refractivity contribution is -0.137. The van der Waals surface area contributed by atoms with Gasteiger partial charge in [0, 0.05) is 12.7 Å². The fourth-order valence-electron chi connectivity index (χ4n) is 1.67. The molecule has 8 heteroatoms. The Morgan fingerprint density at radius 3 is 2.60 bits per heavy atom. The van der Waals surface area contributed by atoms with Crippen molar-refractivity contribution in [2.75, 3.05) is 6.54 Å². The van der Waals surface area contributed by atoms with Crippen LogP contribution in [0, 0.1) is 0 Å². The highest BCUT2D eigenvalue weighted by atomic mass is 19.4. The van der Waals surface area contributed by atoms with E-state index in [2.05, 4.69) is 10.4 Å². The number of aromatic nitrogens is 2. The summed E-state index contributed by atoms with van der Waals surface area (Å²) in [5.74, 6) is -0.533. The van der Waals surface area contributed by atoms with Crippen LogP contribution in [0.2, 0.25) is 0 Å². The maximum atomic E-state index is 12.4. The third-order valence-electron chi connectivity index (χ3n) is 3.11. The zero-order chi connectivity index (χ0) is 15.4. The first-order chi connectivity index (χ1) is 9.19. The lowest BCUT2D eigenvalue weighted by atomic mass is 9.96. The summed E-state index contributed by atoms with van der Waals surface area (Å²) < 4.78 is 38.5. The van der Waals surface area contributed by atoms with Crippen molar-refractivity contribution >= 4 is 5.91 Å². The van der Waals surface area contributed by atoms with E-state index in [4.69, 9.17) is 5.73 Å². The van der Waals surface area contributed by atoms with Crippen molar-refractivity contribution in [3.05, 3.63) is 18.0 Å². The van der Waals surface area contributed by atoms with Crippen LogP contribution in [0.4, 0.5) is 13.2 Å². The zero-order valence-electron chi connectivity index (χ0n) is 11.5. The minimum Gasteiger partial charge on any atom is -0.368 e. The second-order valence-corrected chi connectivity index (χ2v) is 4.86. The van der Waals surface area contributed by atoms with Crippen LogP contribution < -0.4 is 11.1 Å². The minimum atomic E-state index is -4.41. The van der Waals surface area contributed by atoms with Crippen LogP contribution in [0.25, 0.3) is 0 Å². The van der Waals surface area contributed by atoms with Gasteiger partial charge < -0.3 is 11.1 Å². The van der Waals surface area contributed by atoms with Crippen LogP contribution in [0.3, 0.4) is 0 Å². The molecule has 0 saturated heterocycles. The summed E-state index contributed by atoms with van der Waals surface area (Å²) in [5, 5.41) is 6.66. The Balaban J connectivity index is 2.68. The molecule has 114 valence electrons. The molecule has 0 aromatic carbocycles. The normalized spacial score (nSPS) is 15.1. The number of rotatable bonds is 7. The van der Waals surface area contributed by atoms with Gasteiger partial charge in [-0.05, 0) is 26.3 Å². The van der Waals surface area contributed by atoms with Crippen molar-refractivity contribution in [1.82, 2.24) is 15.1 Å². The van der Waals surface area contributed by atoms with Gasteiger partial charge in [-0.15, -0.1) is 0 Å². The van der Waals surface area contributed by atoms with Gasteiger partial charge in [-0.3, -0.25) is 9.48 Å². The summed E-state index contributed by atoms with van der Waals surface area (Å²) in [6.45, 7) is 4.36. The van der Waals surface area contributed by atoms with Crippen LogP contribution in [-0.2, 0) is 17.5 Å².